The Kier molecular flexibility index (Phi) is 10.9. The van der Waals surface area contributed by atoms with Crippen molar-refractivity contribution in [3.8, 4) is 0 Å². The molecule has 2 bridgehead atoms. The predicted molar refractivity (Wildman–Crippen MR) is 181 cm³/mol. The number of halogens is 1. The van der Waals surface area contributed by atoms with Crippen LogP contribution in [0, 0.1) is 11.8 Å². The van der Waals surface area contributed by atoms with Gasteiger partial charge in [0.25, 0.3) is 5.91 Å². The van der Waals surface area contributed by atoms with Crippen LogP contribution in [0.4, 0.5) is 5.69 Å². The van der Waals surface area contributed by atoms with Crippen molar-refractivity contribution in [2.75, 3.05) is 31.2 Å². The van der Waals surface area contributed by atoms with Crippen LogP contribution in [0.1, 0.15) is 51.4 Å². The maximum atomic E-state index is 14.8. The van der Waals surface area contributed by atoms with Gasteiger partial charge in [0.1, 0.15) is 6.04 Å². The largest absolute Gasteiger partial charge is 0.465 e. The molecule has 0 aliphatic carbocycles. The zero-order chi connectivity index (χ0) is 31.3. The first kappa shape index (κ1) is 32.8. The summed E-state index contributed by atoms with van der Waals surface area (Å²) in [5, 5.41) is 11.2. The number of benzene rings is 2. The second kappa shape index (κ2) is 14.6. The number of aliphatic hydroxyl groups is 1. The van der Waals surface area contributed by atoms with Crippen LogP contribution in [-0.4, -0.2) is 75.0 Å². The van der Waals surface area contributed by atoms with Gasteiger partial charge in [-0.05, 0) is 61.4 Å². The summed E-state index contributed by atoms with van der Waals surface area (Å²) in [4.78, 5) is 46.3. The molecule has 9 heteroatoms. The summed E-state index contributed by atoms with van der Waals surface area (Å²) in [6.07, 6.45) is 9.83. The van der Waals surface area contributed by atoms with Gasteiger partial charge in [-0.1, -0.05) is 71.3 Å². The van der Waals surface area contributed by atoms with Crippen molar-refractivity contribution < 1.29 is 24.2 Å². The number of anilines is 1. The molecule has 2 aromatic carbocycles. The minimum atomic E-state index is -0.735. The molecule has 44 heavy (non-hydrogen) atoms. The molecule has 3 unspecified atom stereocenters. The molecule has 3 aliphatic heterocycles. The molecule has 6 atom stereocenters. The Bertz CT molecular complexity index is 1390. The molecule has 1 spiro atoms. The van der Waals surface area contributed by atoms with E-state index in [0.717, 1.165) is 55.0 Å². The molecule has 3 saturated heterocycles. The molecule has 3 heterocycles. The average molecular weight is 684 g/mol. The van der Waals surface area contributed by atoms with Gasteiger partial charge in [-0.25, -0.2) is 0 Å². The van der Waals surface area contributed by atoms with Gasteiger partial charge in [-0.3, -0.25) is 14.4 Å². The summed E-state index contributed by atoms with van der Waals surface area (Å²) in [7, 11) is 0. The number of hydrogen-bond acceptors (Lipinski definition) is 6. The summed E-state index contributed by atoms with van der Waals surface area (Å²) >= 11 is 5.48. The van der Waals surface area contributed by atoms with Gasteiger partial charge >= 0.3 is 5.97 Å². The number of carbonyl (C=O) groups excluding carboxylic acids is 3. The van der Waals surface area contributed by atoms with Crippen molar-refractivity contribution >= 4 is 61.9 Å². The van der Waals surface area contributed by atoms with E-state index in [1.165, 1.54) is 0 Å². The Morgan fingerprint density at radius 2 is 1.84 bits per heavy atom. The van der Waals surface area contributed by atoms with E-state index >= 15 is 0 Å². The summed E-state index contributed by atoms with van der Waals surface area (Å²) in [6, 6.07) is 13.3. The van der Waals surface area contributed by atoms with Gasteiger partial charge in [0, 0.05) is 35.5 Å². The number of nitrogens with zero attached hydrogens (tertiary/aromatic N) is 2. The van der Waals surface area contributed by atoms with Crippen LogP contribution < -0.4 is 4.90 Å². The third kappa shape index (κ3) is 6.24. The van der Waals surface area contributed by atoms with Gasteiger partial charge in [-0.15, -0.1) is 24.9 Å². The number of alkyl halides is 1. The van der Waals surface area contributed by atoms with Crippen LogP contribution in [-0.2, 0) is 19.1 Å². The Balaban J connectivity index is 1.47. The third-order valence-corrected chi connectivity index (χ3v) is 12.5. The number of amides is 2. The van der Waals surface area contributed by atoms with E-state index in [1.807, 2.05) is 48.5 Å². The molecule has 7 nitrogen and oxygen atoms in total. The van der Waals surface area contributed by atoms with Gasteiger partial charge < -0.3 is 19.6 Å². The average Bonchev–Trinajstić information content (AvgIpc) is 3.62. The van der Waals surface area contributed by atoms with E-state index in [4.69, 9.17) is 4.74 Å². The monoisotopic (exact) mass is 682 g/mol. The van der Waals surface area contributed by atoms with Crippen LogP contribution in [0.5, 0.6) is 0 Å². The highest BCUT2D eigenvalue weighted by molar-refractivity contribution is 9.09. The maximum absolute atomic E-state index is 14.8. The Labute approximate surface area is 273 Å². The fraction of sp³-hybridized carbons (Fsp3) is 0.514. The Hall–Kier alpha value is -2.62. The second-order valence-electron chi connectivity index (χ2n) is 12.1. The summed E-state index contributed by atoms with van der Waals surface area (Å²) in [6.45, 7) is 8.87. The smallest absolute Gasteiger partial charge is 0.310 e. The number of likely N-dealkylation sites (tertiary alicyclic amines) is 1. The van der Waals surface area contributed by atoms with Crippen molar-refractivity contribution in [1.29, 1.82) is 0 Å². The molecule has 0 saturated carbocycles. The number of carbonyl (C=O) groups is 3. The summed E-state index contributed by atoms with van der Waals surface area (Å²) in [5.74, 6) is -1.81. The lowest BCUT2D eigenvalue weighted by Crippen LogP contribution is -2.55. The lowest BCUT2D eigenvalue weighted by molar-refractivity contribution is -0.154. The van der Waals surface area contributed by atoms with E-state index in [1.54, 1.807) is 27.6 Å². The normalized spacial score (nSPS) is 27.0. The molecule has 3 fully saturated rings. The quantitative estimate of drug-likeness (QED) is 0.0972. The fourth-order valence-corrected chi connectivity index (χ4v) is 10.9. The van der Waals surface area contributed by atoms with Crippen LogP contribution in [0.3, 0.4) is 0 Å². The summed E-state index contributed by atoms with van der Waals surface area (Å²) in [5.41, 5.74) is 0.757. The standard InChI is InChI=1S/C35H43BrN2O5S/c1-3-5-6-13-21-43-34(42)28-29-32(40)38(19-11-7-8-12-20-39)31(35(29)23-27(36)30(28)44-35)33(41)37(18-4-2)26-17-16-24-14-9-10-15-25(24)22-26/h3-4,9-10,14-17,22,27-31,39H,1-2,5-8,11-13,18-21,23H2/t27?,28-,29+,30-,31?,35?/m1/s1. The minimum Gasteiger partial charge on any atom is -0.465 e. The van der Waals surface area contributed by atoms with E-state index < -0.39 is 22.6 Å². The molecule has 3 aliphatic rings. The zero-order valence-electron chi connectivity index (χ0n) is 25.2. The first-order chi connectivity index (χ1) is 21.4. The number of ether oxygens (including phenoxy) is 1. The number of esters is 1. The Morgan fingerprint density at radius 3 is 2.59 bits per heavy atom. The maximum Gasteiger partial charge on any atom is 0.310 e. The van der Waals surface area contributed by atoms with E-state index in [-0.39, 0.29) is 34.5 Å². The first-order valence-electron chi connectivity index (χ1n) is 15.8. The number of hydrogen-bond donors (Lipinski definition) is 1. The SMILES string of the molecule is C=CCCCCOC(=O)[C@H]1[C@@H]2SC3(CC2Br)C(C(=O)N(CC=C)c2ccc4ccccc4c2)N(CCCCCCO)C(=O)[C@H]13. The molecule has 0 radical (unpaired) electrons. The number of fused-ring (bicyclic) bond motifs is 2. The number of unbranched alkanes of at least 4 members (excludes halogenated alkanes) is 5. The summed E-state index contributed by atoms with van der Waals surface area (Å²) < 4.78 is 5.03. The highest BCUT2D eigenvalue weighted by Crippen LogP contribution is 2.68. The lowest BCUT2D eigenvalue weighted by atomic mass is 9.71. The molecule has 2 amide bonds. The Morgan fingerprint density at radius 1 is 1.07 bits per heavy atom. The highest BCUT2D eigenvalue weighted by atomic mass is 79.9. The number of thioether (sulfide) groups is 1. The zero-order valence-corrected chi connectivity index (χ0v) is 27.6. The number of allylic oxidation sites excluding steroid dienone is 1. The number of rotatable bonds is 16. The van der Waals surface area contributed by atoms with Crippen LogP contribution in [0.15, 0.2) is 67.8 Å². The third-order valence-electron chi connectivity index (χ3n) is 9.27. The molecule has 5 rings (SSSR count). The molecule has 0 aromatic heterocycles. The van der Waals surface area contributed by atoms with Crippen molar-refractivity contribution in [1.82, 2.24) is 4.90 Å². The second-order valence-corrected chi connectivity index (χ2v) is 14.8. The van der Waals surface area contributed by atoms with Gasteiger partial charge in [0.15, 0.2) is 0 Å². The van der Waals surface area contributed by atoms with Crippen LogP contribution in [0.25, 0.3) is 10.8 Å². The first-order valence-corrected chi connectivity index (χ1v) is 17.6. The predicted octanol–water partition coefficient (Wildman–Crippen LogP) is 6.28. The lowest BCUT2D eigenvalue weighted by Gasteiger charge is -2.38. The van der Waals surface area contributed by atoms with E-state index in [9.17, 15) is 19.5 Å². The molecular formula is C35H43BrN2O5S. The van der Waals surface area contributed by atoms with Gasteiger partial charge in [0.05, 0.1) is 23.2 Å². The minimum absolute atomic E-state index is 0.0109. The van der Waals surface area contributed by atoms with Crippen molar-refractivity contribution in [3.63, 3.8) is 0 Å². The van der Waals surface area contributed by atoms with Gasteiger partial charge in [0.2, 0.25) is 5.91 Å². The van der Waals surface area contributed by atoms with Crippen LogP contribution >= 0.6 is 27.7 Å². The molecular weight excluding hydrogens is 640 g/mol. The molecule has 236 valence electrons. The van der Waals surface area contributed by atoms with Crippen LogP contribution in [0.2, 0.25) is 0 Å². The molecule has 1 N–H and O–H groups in total. The van der Waals surface area contributed by atoms with Gasteiger partial charge in [-0.2, -0.15) is 0 Å². The fourth-order valence-electron chi connectivity index (χ4n) is 7.27. The van der Waals surface area contributed by atoms with E-state index in [0.29, 0.717) is 32.5 Å². The molecule has 2 aromatic rings. The highest BCUT2D eigenvalue weighted by Gasteiger charge is 2.76. The van der Waals surface area contributed by atoms with Crippen molar-refractivity contribution in [3.05, 3.63) is 67.8 Å². The van der Waals surface area contributed by atoms with Crippen molar-refractivity contribution in [2.24, 2.45) is 11.8 Å². The van der Waals surface area contributed by atoms with E-state index in [2.05, 4.69) is 29.1 Å². The van der Waals surface area contributed by atoms with Crippen molar-refractivity contribution in [2.45, 2.75) is 72.2 Å². The topological polar surface area (TPSA) is 87.2 Å². The number of aliphatic hydroxyl groups excluding tert-OH is 1.